The fourth-order valence-electron chi connectivity index (χ4n) is 3.11. The lowest BCUT2D eigenvalue weighted by atomic mass is 10.1. The van der Waals surface area contributed by atoms with Crippen LogP contribution in [-0.2, 0) is 0 Å². The minimum Gasteiger partial charge on any atom is -0.337 e. The van der Waals surface area contributed by atoms with Gasteiger partial charge in [0.05, 0.1) is 25.4 Å². The van der Waals surface area contributed by atoms with E-state index >= 15 is 0 Å². The van der Waals surface area contributed by atoms with E-state index in [1.165, 1.54) is 11.3 Å². The van der Waals surface area contributed by atoms with Crippen molar-refractivity contribution in [2.45, 2.75) is 13.3 Å². The second-order valence-corrected chi connectivity index (χ2v) is 8.47. The molecule has 1 unspecified atom stereocenters. The molecule has 1 fully saturated rings. The number of likely N-dealkylation sites (tertiary alicyclic amines) is 1. The smallest absolute Gasteiger partial charge is 0.321 e. The van der Waals surface area contributed by atoms with Gasteiger partial charge in [0.2, 0.25) is 0 Å². The molecule has 2 aromatic heterocycles. The Labute approximate surface area is 147 Å². The van der Waals surface area contributed by atoms with Gasteiger partial charge in [-0.1, -0.05) is 11.3 Å². The van der Waals surface area contributed by atoms with Gasteiger partial charge in [-0.05, 0) is 45.0 Å². The number of aryl methyl sites for hydroxylation is 1. The van der Waals surface area contributed by atoms with Crippen LogP contribution in [-0.4, -0.2) is 47.6 Å². The Hall–Kier alpha value is -1.77. The molecule has 0 spiro atoms. The van der Waals surface area contributed by atoms with Crippen molar-refractivity contribution in [2.24, 2.45) is 5.92 Å². The maximum Gasteiger partial charge on any atom is 0.321 e. The van der Waals surface area contributed by atoms with Crippen LogP contribution in [0.4, 0.5) is 9.93 Å². The zero-order valence-corrected chi connectivity index (χ0v) is 15.3. The number of hydrogen-bond donors (Lipinski definition) is 2. The molecular formula is C16H19N5OS2. The van der Waals surface area contributed by atoms with Crippen molar-refractivity contribution in [2.75, 3.05) is 32.0 Å². The van der Waals surface area contributed by atoms with Crippen LogP contribution in [0.2, 0.25) is 0 Å². The van der Waals surface area contributed by atoms with Crippen molar-refractivity contribution in [3.8, 4) is 0 Å². The molecule has 1 aliphatic heterocycles. The summed E-state index contributed by atoms with van der Waals surface area (Å²) in [6, 6.07) is 3.77. The molecule has 2 N–H and O–H groups in total. The minimum absolute atomic E-state index is 0.180. The Morgan fingerprint density at radius 2 is 2.04 bits per heavy atom. The highest BCUT2D eigenvalue weighted by Crippen LogP contribution is 2.35. The van der Waals surface area contributed by atoms with Gasteiger partial charge in [0.25, 0.3) is 0 Å². The fraction of sp³-hybridized carbons (Fsp3) is 0.438. The van der Waals surface area contributed by atoms with Crippen LogP contribution in [0.25, 0.3) is 20.4 Å². The number of nitrogens with one attached hydrogen (secondary N) is 2. The number of anilines is 1. The Morgan fingerprint density at radius 1 is 1.29 bits per heavy atom. The van der Waals surface area contributed by atoms with Crippen LogP contribution in [0.5, 0.6) is 0 Å². The molecule has 0 bridgehead atoms. The van der Waals surface area contributed by atoms with Crippen molar-refractivity contribution in [1.29, 1.82) is 0 Å². The van der Waals surface area contributed by atoms with Crippen LogP contribution in [0.1, 0.15) is 11.4 Å². The first kappa shape index (κ1) is 15.7. The van der Waals surface area contributed by atoms with E-state index in [2.05, 4.69) is 32.5 Å². The third-order valence-corrected chi connectivity index (χ3v) is 6.42. The van der Waals surface area contributed by atoms with Gasteiger partial charge in [0, 0.05) is 13.1 Å². The van der Waals surface area contributed by atoms with Crippen LogP contribution in [0, 0.1) is 12.8 Å². The Bertz CT molecular complexity index is 903. The summed E-state index contributed by atoms with van der Waals surface area (Å²) in [5, 5.41) is 7.50. The number of carbonyl (C=O) groups excluding carboxylic acids is 1. The molecule has 1 atom stereocenters. The number of aromatic nitrogens is 2. The fourth-order valence-corrected chi connectivity index (χ4v) is 5.11. The predicted octanol–water partition coefficient (Wildman–Crippen LogP) is 3.29. The molecule has 1 aromatic carbocycles. The van der Waals surface area contributed by atoms with E-state index < -0.39 is 0 Å². The summed E-state index contributed by atoms with van der Waals surface area (Å²) < 4.78 is 2.23. The molecule has 0 radical (unpaired) electrons. The molecule has 24 heavy (non-hydrogen) atoms. The third kappa shape index (κ3) is 3.09. The summed E-state index contributed by atoms with van der Waals surface area (Å²) >= 11 is 3.17. The average molecular weight is 361 g/mol. The van der Waals surface area contributed by atoms with Gasteiger partial charge in [0.15, 0.2) is 5.13 Å². The zero-order valence-electron chi connectivity index (χ0n) is 13.6. The van der Waals surface area contributed by atoms with E-state index in [-0.39, 0.29) is 6.03 Å². The maximum atomic E-state index is 12.1. The number of thiazole rings is 2. The summed E-state index contributed by atoms with van der Waals surface area (Å²) in [7, 11) is 2.11. The number of fused-ring (bicyclic) bond motifs is 3. The van der Waals surface area contributed by atoms with Crippen molar-refractivity contribution in [3.05, 3.63) is 17.1 Å². The van der Waals surface area contributed by atoms with E-state index in [1.54, 1.807) is 11.3 Å². The van der Waals surface area contributed by atoms with Gasteiger partial charge >= 0.3 is 6.03 Å². The zero-order chi connectivity index (χ0) is 16.7. The molecule has 3 aromatic rings. The number of benzene rings is 1. The molecule has 1 saturated heterocycles. The highest BCUT2D eigenvalue weighted by atomic mass is 32.1. The molecular weight excluding hydrogens is 342 g/mol. The molecule has 0 aliphatic carbocycles. The van der Waals surface area contributed by atoms with E-state index in [4.69, 9.17) is 0 Å². The minimum atomic E-state index is -0.180. The maximum absolute atomic E-state index is 12.1. The third-order valence-electron chi connectivity index (χ3n) is 4.28. The molecule has 3 heterocycles. The molecule has 126 valence electrons. The first-order chi connectivity index (χ1) is 11.6. The lowest BCUT2D eigenvalue weighted by Crippen LogP contribution is -2.33. The first-order valence-corrected chi connectivity index (χ1v) is 9.62. The number of carbonyl (C=O) groups is 1. The second kappa shape index (κ2) is 6.27. The van der Waals surface area contributed by atoms with Gasteiger partial charge in [-0.2, -0.15) is 0 Å². The summed E-state index contributed by atoms with van der Waals surface area (Å²) in [6.45, 7) is 4.87. The molecule has 8 heteroatoms. The number of nitrogens with zero attached hydrogens (tertiary/aromatic N) is 3. The standard InChI is InChI=1S/C16H19N5OS2/c1-9-18-11-3-4-12-14(13(11)23-9)24-16(19-12)20-15(22)17-7-10-5-6-21(2)8-10/h3-4,10H,5-8H2,1-2H3,(H2,17,19,20,22). The number of hydrogen-bond acceptors (Lipinski definition) is 6. The van der Waals surface area contributed by atoms with E-state index in [0.717, 1.165) is 45.0 Å². The van der Waals surface area contributed by atoms with Crippen molar-refractivity contribution in [3.63, 3.8) is 0 Å². The highest BCUT2D eigenvalue weighted by molar-refractivity contribution is 7.28. The van der Waals surface area contributed by atoms with E-state index in [1.807, 2.05) is 19.1 Å². The van der Waals surface area contributed by atoms with E-state index in [0.29, 0.717) is 17.6 Å². The largest absolute Gasteiger partial charge is 0.337 e. The molecule has 1 aliphatic rings. The topological polar surface area (TPSA) is 70.1 Å². The molecule has 2 amide bonds. The highest BCUT2D eigenvalue weighted by Gasteiger charge is 2.20. The average Bonchev–Trinajstić information content (AvgIpc) is 3.22. The Kier molecular flexibility index (Phi) is 4.11. The van der Waals surface area contributed by atoms with Crippen molar-refractivity contribution in [1.82, 2.24) is 20.2 Å². The molecule has 0 saturated carbocycles. The van der Waals surface area contributed by atoms with Crippen LogP contribution >= 0.6 is 22.7 Å². The molecule has 6 nitrogen and oxygen atoms in total. The van der Waals surface area contributed by atoms with Crippen molar-refractivity contribution < 1.29 is 4.79 Å². The number of urea groups is 1. The predicted molar refractivity (Wildman–Crippen MR) is 100 cm³/mol. The second-order valence-electron chi connectivity index (χ2n) is 6.27. The quantitative estimate of drug-likeness (QED) is 0.751. The Balaban J connectivity index is 1.46. The van der Waals surface area contributed by atoms with Crippen molar-refractivity contribution >= 4 is 54.3 Å². The summed E-state index contributed by atoms with van der Waals surface area (Å²) in [5.74, 6) is 0.538. The SMILES string of the molecule is Cc1nc2ccc3nc(NC(=O)NCC4CCN(C)C4)sc3c2s1. The summed E-state index contributed by atoms with van der Waals surface area (Å²) in [4.78, 5) is 23.4. The van der Waals surface area contributed by atoms with Gasteiger partial charge in [-0.25, -0.2) is 14.8 Å². The van der Waals surface area contributed by atoms with Crippen LogP contribution in [0.15, 0.2) is 12.1 Å². The van der Waals surface area contributed by atoms with Crippen LogP contribution in [0.3, 0.4) is 0 Å². The summed E-state index contributed by atoms with van der Waals surface area (Å²) in [6.07, 6.45) is 1.14. The van der Waals surface area contributed by atoms with Gasteiger partial charge < -0.3 is 10.2 Å². The van der Waals surface area contributed by atoms with Gasteiger partial charge in [0.1, 0.15) is 0 Å². The Morgan fingerprint density at radius 3 is 2.79 bits per heavy atom. The lowest BCUT2D eigenvalue weighted by Gasteiger charge is -2.11. The monoisotopic (exact) mass is 361 g/mol. The van der Waals surface area contributed by atoms with Gasteiger partial charge in [-0.15, -0.1) is 11.3 Å². The van der Waals surface area contributed by atoms with E-state index in [9.17, 15) is 4.79 Å². The molecule has 4 rings (SSSR count). The lowest BCUT2D eigenvalue weighted by molar-refractivity contribution is 0.250. The number of rotatable bonds is 3. The van der Waals surface area contributed by atoms with Gasteiger partial charge in [-0.3, -0.25) is 5.32 Å². The van der Waals surface area contributed by atoms with Crippen LogP contribution < -0.4 is 10.6 Å². The summed E-state index contributed by atoms with van der Waals surface area (Å²) in [5.41, 5.74) is 1.90. The first-order valence-electron chi connectivity index (χ1n) is 7.98. The normalized spacial score (nSPS) is 18.5. The number of amides is 2.